The van der Waals surface area contributed by atoms with Gasteiger partial charge in [0.2, 0.25) is 0 Å². The summed E-state index contributed by atoms with van der Waals surface area (Å²) in [6, 6.07) is 0. The van der Waals surface area contributed by atoms with Crippen molar-refractivity contribution in [2.24, 2.45) is 0 Å². The Morgan fingerprint density at radius 3 is 0.600 bits per heavy atom. The molecule has 0 aliphatic rings. The van der Waals surface area contributed by atoms with Gasteiger partial charge in [0.25, 0.3) is 0 Å². The Kier molecular flexibility index (Phi) is 12100. The summed E-state index contributed by atoms with van der Waals surface area (Å²) in [4.78, 5) is 0. The minimum Gasteiger partial charge on any atom is -2.00 e. The molecule has 4 nitrogen and oxygen atoms in total. The Morgan fingerprint density at radius 1 is 0.600 bits per heavy atom. The third-order valence-corrected chi connectivity index (χ3v) is 0. The summed E-state index contributed by atoms with van der Waals surface area (Å²) in [6.45, 7) is 0. The van der Waals surface area contributed by atoms with Gasteiger partial charge in [-0.15, -0.1) is 0 Å². The van der Waals surface area contributed by atoms with Crippen LogP contribution in [0.25, 0.3) is 0 Å². The van der Waals surface area contributed by atoms with Crippen LogP contribution in [0, 0.1) is 0 Å². The minimum atomic E-state index is 0. The summed E-state index contributed by atoms with van der Waals surface area (Å²) in [5, 5.41) is 0. The van der Waals surface area contributed by atoms with Crippen LogP contribution in [-0.4, -0.2) is 0 Å². The molecule has 0 aromatic heterocycles. The fourth-order valence-electron chi connectivity index (χ4n) is 0. The van der Waals surface area contributed by atoms with Crippen molar-refractivity contribution in [1.29, 1.82) is 0 Å². The summed E-state index contributed by atoms with van der Waals surface area (Å²) in [6.07, 6.45) is 0. The fourth-order valence-corrected chi connectivity index (χ4v) is 0. The van der Waals surface area contributed by atoms with E-state index in [-0.39, 0.29) is 45.0 Å². The molecule has 0 radical (unpaired) electrons. The maximum atomic E-state index is 0. The van der Waals surface area contributed by atoms with E-state index in [2.05, 4.69) is 0 Å². The molecule has 0 unspecified atom stereocenters. The van der Waals surface area contributed by atoms with Gasteiger partial charge in [-0.3, -0.25) is 0 Å². The number of hydrogen-bond donors (Lipinski definition) is 1. The average Bonchev–Trinajstić information content (AvgIpc) is 0. The Balaban J connectivity index is 0. The molecular weight excluding hydrogens is 155 g/mol. The maximum absolute atomic E-state index is 0. The molecule has 0 aliphatic carbocycles. The molecule has 32 valence electrons. The average molecular weight is 159 g/mol. The van der Waals surface area contributed by atoms with E-state index in [9.17, 15) is 0 Å². The smallest absolute Gasteiger partial charge is 2.00 e. The molecule has 5 heavy (non-hydrogen) atoms. The summed E-state index contributed by atoms with van der Waals surface area (Å²) >= 11 is 0. The standard InChI is InChI=1S/H3N.Nb.3O/h1H3;;;;/q;+5;3*-2/p+1. The van der Waals surface area contributed by atoms with Gasteiger partial charge in [-0.05, 0) is 0 Å². The normalized spacial score (nSPS) is 0. The van der Waals surface area contributed by atoms with E-state index >= 15 is 0 Å². The van der Waals surface area contributed by atoms with Crippen LogP contribution >= 0.6 is 0 Å². The van der Waals surface area contributed by atoms with E-state index in [1.807, 2.05) is 0 Å². The molecule has 0 heterocycles. The summed E-state index contributed by atoms with van der Waals surface area (Å²) in [5.74, 6) is 0. The zero-order chi connectivity index (χ0) is 0. The summed E-state index contributed by atoms with van der Waals surface area (Å²) < 4.78 is 0. The van der Waals surface area contributed by atoms with Gasteiger partial charge in [-0.2, -0.15) is 0 Å². The third kappa shape index (κ3) is 90.6. The first-order chi connectivity index (χ1) is 0. The van der Waals surface area contributed by atoms with Crippen molar-refractivity contribution in [2.75, 3.05) is 0 Å². The molecule has 0 aromatic rings. The van der Waals surface area contributed by atoms with E-state index in [0.29, 0.717) is 0 Å². The van der Waals surface area contributed by atoms with Crippen LogP contribution in [-0.2, 0) is 38.8 Å². The molecule has 0 fully saturated rings. The summed E-state index contributed by atoms with van der Waals surface area (Å²) in [5.41, 5.74) is 0. The molecule has 0 atom stereocenters. The van der Waals surface area contributed by atoms with Crippen LogP contribution in [0.15, 0.2) is 0 Å². The molecular formula is H4NNbO3. The molecule has 4 N–H and O–H groups in total. The topological polar surface area (TPSA) is 122 Å². The van der Waals surface area contributed by atoms with Crippen molar-refractivity contribution in [3.63, 3.8) is 0 Å². The number of hydrogen-bond acceptors (Lipinski definition) is 0. The second-order valence-corrected chi connectivity index (χ2v) is 0. The van der Waals surface area contributed by atoms with Crippen LogP contribution < -0.4 is 6.15 Å². The van der Waals surface area contributed by atoms with Crippen molar-refractivity contribution < 1.29 is 38.8 Å². The second kappa shape index (κ2) is 174. The van der Waals surface area contributed by atoms with Gasteiger partial charge in [0.05, 0.1) is 0 Å². The van der Waals surface area contributed by atoms with Crippen molar-refractivity contribution in [1.82, 2.24) is 6.15 Å². The molecule has 0 aliphatic heterocycles. The quantitative estimate of drug-likeness (QED) is 0.478. The first-order valence-electron chi connectivity index (χ1n) is 0. The monoisotopic (exact) mass is 159 g/mol. The fraction of sp³-hybridized carbons (Fsp3) is 0. The van der Waals surface area contributed by atoms with Crippen molar-refractivity contribution >= 4 is 0 Å². The molecule has 0 spiro atoms. The van der Waals surface area contributed by atoms with Gasteiger partial charge in [0.1, 0.15) is 0 Å². The zero-order valence-electron chi connectivity index (χ0n) is 2.67. The molecule has 0 bridgehead atoms. The molecule has 0 saturated heterocycles. The van der Waals surface area contributed by atoms with Crippen LogP contribution in [0.3, 0.4) is 0 Å². The van der Waals surface area contributed by atoms with Crippen molar-refractivity contribution in [3.8, 4) is 0 Å². The van der Waals surface area contributed by atoms with E-state index in [4.69, 9.17) is 0 Å². The van der Waals surface area contributed by atoms with Gasteiger partial charge in [-0.1, -0.05) is 0 Å². The SMILES string of the molecule is [NH4+].[Nb+5].[O-2].[O-2].[O-2]. The predicted octanol–water partition coefficient (Wildman–Crippen LogP) is 0.0173. The van der Waals surface area contributed by atoms with E-state index in [0.717, 1.165) is 0 Å². The van der Waals surface area contributed by atoms with Crippen molar-refractivity contribution in [2.45, 2.75) is 0 Å². The largest absolute Gasteiger partial charge is 5.00 e. The van der Waals surface area contributed by atoms with E-state index in [1.165, 1.54) is 0 Å². The number of quaternary nitrogens is 1. The van der Waals surface area contributed by atoms with E-state index in [1.54, 1.807) is 0 Å². The minimum absolute atomic E-state index is 0. The first-order valence-corrected chi connectivity index (χ1v) is 0. The zero-order valence-corrected chi connectivity index (χ0v) is 4.87. The van der Waals surface area contributed by atoms with E-state index < -0.39 is 0 Å². The van der Waals surface area contributed by atoms with Crippen molar-refractivity contribution in [3.05, 3.63) is 0 Å². The Labute approximate surface area is 45.6 Å². The predicted molar refractivity (Wildman–Crippen MR) is 8.04 cm³/mol. The molecule has 0 saturated carbocycles. The summed E-state index contributed by atoms with van der Waals surface area (Å²) in [7, 11) is 0. The van der Waals surface area contributed by atoms with Crippen LogP contribution in [0.5, 0.6) is 0 Å². The van der Waals surface area contributed by atoms with Gasteiger partial charge >= 0.3 is 22.4 Å². The second-order valence-electron chi connectivity index (χ2n) is 0. The molecule has 0 rings (SSSR count). The van der Waals surface area contributed by atoms with Crippen LogP contribution in [0.2, 0.25) is 0 Å². The third-order valence-electron chi connectivity index (χ3n) is 0. The molecule has 0 amide bonds. The Bertz CT molecular complexity index is 6.85. The van der Waals surface area contributed by atoms with Gasteiger partial charge in [0, 0.05) is 0 Å². The molecule has 0 aromatic carbocycles. The molecule has 5 heteroatoms. The van der Waals surface area contributed by atoms with Crippen LogP contribution in [0.4, 0.5) is 0 Å². The van der Waals surface area contributed by atoms with Gasteiger partial charge in [-0.25, -0.2) is 0 Å². The van der Waals surface area contributed by atoms with Gasteiger partial charge < -0.3 is 22.6 Å². The Hall–Kier alpha value is 0.580. The first kappa shape index (κ1) is 348. The van der Waals surface area contributed by atoms with Crippen LogP contribution in [0.1, 0.15) is 0 Å². The Morgan fingerprint density at radius 2 is 0.600 bits per heavy atom. The number of rotatable bonds is 0. The van der Waals surface area contributed by atoms with Gasteiger partial charge in [0.15, 0.2) is 0 Å². The maximum Gasteiger partial charge on any atom is 5.00 e.